The fourth-order valence-electron chi connectivity index (χ4n) is 5.27. The Balaban J connectivity index is 1.51. The molecular formula is C33H31FN4O4S2. The fourth-order valence-corrected chi connectivity index (χ4v) is 6.56. The summed E-state index contributed by atoms with van der Waals surface area (Å²) in [7, 11) is -3.85. The van der Waals surface area contributed by atoms with E-state index in [9.17, 15) is 18.3 Å². The zero-order valence-corrected chi connectivity index (χ0v) is 25.8. The van der Waals surface area contributed by atoms with E-state index < -0.39 is 16.0 Å². The molecule has 0 unspecified atom stereocenters. The molecular weight excluding hydrogens is 600 g/mol. The van der Waals surface area contributed by atoms with E-state index in [1.165, 1.54) is 34.9 Å². The Bertz CT molecular complexity index is 1960. The molecule has 3 aromatic carbocycles. The molecule has 11 heteroatoms. The summed E-state index contributed by atoms with van der Waals surface area (Å²) in [4.78, 5) is 16.0. The predicted octanol–water partition coefficient (Wildman–Crippen LogP) is 6.81. The molecule has 6 rings (SSSR count). The Morgan fingerprint density at radius 1 is 1.07 bits per heavy atom. The minimum Gasteiger partial charge on any atom is -0.476 e. The van der Waals surface area contributed by atoms with E-state index in [0.29, 0.717) is 46.6 Å². The van der Waals surface area contributed by atoms with Gasteiger partial charge in [0.2, 0.25) is 15.2 Å². The lowest BCUT2D eigenvalue weighted by atomic mass is 9.94. The third-order valence-electron chi connectivity index (χ3n) is 7.92. The Kier molecular flexibility index (Phi) is 7.95. The van der Waals surface area contributed by atoms with Crippen molar-refractivity contribution in [2.24, 2.45) is 11.1 Å². The molecule has 0 aliphatic heterocycles. The van der Waals surface area contributed by atoms with Gasteiger partial charge < -0.3 is 5.11 Å². The second kappa shape index (κ2) is 11.7. The fraction of sp³-hybridized carbons (Fsp3) is 0.242. The number of hydrogen-bond donors (Lipinski definition) is 2. The van der Waals surface area contributed by atoms with Gasteiger partial charge in [-0.05, 0) is 78.1 Å². The molecule has 0 atom stereocenters. The molecule has 1 saturated carbocycles. The van der Waals surface area contributed by atoms with Gasteiger partial charge in [-0.3, -0.25) is 0 Å². The largest absolute Gasteiger partial charge is 0.476 e. The van der Waals surface area contributed by atoms with Crippen LogP contribution in [0, 0.1) is 11.7 Å². The average molecular weight is 631 g/mol. The Labute approximate surface area is 259 Å². The number of hydrogen-bond acceptors (Lipinski definition) is 6. The summed E-state index contributed by atoms with van der Waals surface area (Å²) in [5.74, 6) is -0.660. The first-order valence-electron chi connectivity index (χ1n) is 14.3. The van der Waals surface area contributed by atoms with E-state index in [4.69, 9.17) is 10.2 Å². The summed E-state index contributed by atoms with van der Waals surface area (Å²) < 4.78 is 40.7. The van der Waals surface area contributed by atoms with Crippen LogP contribution < -0.4 is 5.14 Å². The van der Waals surface area contributed by atoms with Crippen molar-refractivity contribution in [1.82, 2.24) is 14.8 Å². The molecule has 5 aromatic rings. The van der Waals surface area contributed by atoms with Gasteiger partial charge in [-0.25, -0.2) is 32.4 Å². The first-order chi connectivity index (χ1) is 21.0. The third kappa shape index (κ3) is 6.21. The quantitative estimate of drug-likeness (QED) is 0.174. The van der Waals surface area contributed by atoms with Gasteiger partial charge in [0.1, 0.15) is 5.82 Å². The standard InChI is InChI=1S/C33H31FN4O4S2/c1-19(2)22-7-9-23(10-8-22)26-17-24(11-14-28(26)34)31-27(15-20-5-12-25(13-6-20)44(35,41)42)30(16-21-3-4-21)38(37-31)33-36-29(18-43-33)32(39)40/h5-14,17-19,21H,3-4,15-16H2,1-2H3,(H,39,40)(H2,35,41,42). The van der Waals surface area contributed by atoms with Crippen LogP contribution in [-0.2, 0) is 22.9 Å². The Morgan fingerprint density at radius 2 is 1.75 bits per heavy atom. The molecule has 3 N–H and O–H groups in total. The molecule has 1 aliphatic rings. The van der Waals surface area contributed by atoms with Crippen molar-refractivity contribution >= 4 is 27.3 Å². The number of benzene rings is 3. The zero-order valence-electron chi connectivity index (χ0n) is 24.2. The summed E-state index contributed by atoms with van der Waals surface area (Å²) in [6.45, 7) is 4.22. The summed E-state index contributed by atoms with van der Waals surface area (Å²) in [6, 6.07) is 19.2. The van der Waals surface area contributed by atoms with Gasteiger partial charge >= 0.3 is 5.97 Å². The first kappa shape index (κ1) is 29.9. The molecule has 1 aliphatic carbocycles. The van der Waals surface area contributed by atoms with Crippen molar-refractivity contribution in [2.45, 2.75) is 50.3 Å². The number of carbonyl (C=O) groups is 1. The van der Waals surface area contributed by atoms with E-state index in [1.54, 1.807) is 28.9 Å². The smallest absolute Gasteiger partial charge is 0.355 e. The van der Waals surface area contributed by atoms with Crippen LogP contribution in [0.15, 0.2) is 77.0 Å². The molecule has 0 spiro atoms. The molecule has 2 aromatic heterocycles. The van der Waals surface area contributed by atoms with E-state index in [2.05, 4.69) is 18.8 Å². The van der Waals surface area contributed by atoms with E-state index in [0.717, 1.165) is 40.8 Å². The van der Waals surface area contributed by atoms with Crippen LogP contribution in [0.3, 0.4) is 0 Å². The molecule has 226 valence electrons. The molecule has 0 amide bonds. The highest BCUT2D eigenvalue weighted by molar-refractivity contribution is 7.89. The first-order valence-corrected chi connectivity index (χ1v) is 16.7. The van der Waals surface area contributed by atoms with E-state index >= 15 is 4.39 Å². The normalized spacial score (nSPS) is 13.5. The van der Waals surface area contributed by atoms with Gasteiger partial charge in [0.15, 0.2) is 5.69 Å². The average Bonchev–Trinajstić information content (AvgIpc) is 3.55. The highest BCUT2D eigenvalue weighted by Crippen LogP contribution is 2.39. The van der Waals surface area contributed by atoms with Crippen molar-refractivity contribution in [3.8, 4) is 27.5 Å². The van der Waals surface area contributed by atoms with Crippen LogP contribution in [0.1, 0.15) is 65.5 Å². The Hall–Kier alpha value is -4.19. The number of halogens is 1. The Morgan fingerprint density at radius 3 is 2.34 bits per heavy atom. The zero-order chi connectivity index (χ0) is 31.2. The second-order valence-corrected chi connectivity index (χ2v) is 13.9. The van der Waals surface area contributed by atoms with Gasteiger partial charge in [-0.1, -0.05) is 50.2 Å². The highest BCUT2D eigenvalue weighted by Gasteiger charge is 2.29. The van der Waals surface area contributed by atoms with E-state index in [-0.39, 0.29) is 16.4 Å². The van der Waals surface area contributed by atoms with Crippen LogP contribution in [0.2, 0.25) is 0 Å². The number of sulfonamides is 1. The second-order valence-electron chi connectivity index (χ2n) is 11.5. The van der Waals surface area contributed by atoms with Gasteiger partial charge in [0, 0.05) is 28.5 Å². The molecule has 1 fully saturated rings. The monoisotopic (exact) mass is 630 g/mol. The maximum absolute atomic E-state index is 15.3. The lowest BCUT2D eigenvalue weighted by Crippen LogP contribution is -2.12. The third-order valence-corrected chi connectivity index (χ3v) is 9.67. The molecule has 44 heavy (non-hydrogen) atoms. The van der Waals surface area contributed by atoms with Gasteiger partial charge in [0.05, 0.1) is 16.3 Å². The SMILES string of the molecule is CC(C)c1ccc(-c2cc(-c3nn(-c4nc(C(=O)O)cs4)c(CC4CC4)c3Cc3ccc(S(N)(=O)=O)cc3)ccc2F)cc1. The highest BCUT2D eigenvalue weighted by atomic mass is 32.2. The van der Waals surface area contributed by atoms with Crippen LogP contribution in [0.25, 0.3) is 27.5 Å². The number of carboxylic acid groups (broad SMARTS) is 1. The van der Waals surface area contributed by atoms with E-state index in [1.807, 2.05) is 24.3 Å². The van der Waals surface area contributed by atoms with Crippen molar-refractivity contribution < 1.29 is 22.7 Å². The van der Waals surface area contributed by atoms with Crippen molar-refractivity contribution in [3.05, 3.63) is 106 Å². The van der Waals surface area contributed by atoms with Crippen LogP contribution in [-0.4, -0.2) is 34.3 Å². The van der Waals surface area contributed by atoms with Crippen molar-refractivity contribution in [1.29, 1.82) is 0 Å². The van der Waals surface area contributed by atoms with Crippen LogP contribution in [0.4, 0.5) is 4.39 Å². The van der Waals surface area contributed by atoms with Gasteiger partial charge in [0.25, 0.3) is 0 Å². The number of carboxylic acids is 1. The molecule has 2 heterocycles. The molecule has 0 radical (unpaired) electrons. The minimum absolute atomic E-state index is 0.0195. The number of primary sulfonamides is 1. The molecule has 0 bridgehead atoms. The number of rotatable bonds is 10. The lowest BCUT2D eigenvalue weighted by Gasteiger charge is -2.11. The maximum atomic E-state index is 15.3. The number of nitrogens with zero attached hydrogens (tertiary/aromatic N) is 3. The topological polar surface area (TPSA) is 128 Å². The number of aromatic nitrogens is 3. The minimum atomic E-state index is -3.85. The predicted molar refractivity (Wildman–Crippen MR) is 168 cm³/mol. The summed E-state index contributed by atoms with van der Waals surface area (Å²) >= 11 is 1.19. The lowest BCUT2D eigenvalue weighted by molar-refractivity contribution is 0.0691. The van der Waals surface area contributed by atoms with Crippen molar-refractivity contribution in [2.75, 3.05) is 0 Å². The summed E-state index contributed by atoms with van der Waals surface area (Å²) in [5, 5.41) is 21.7. The number of thiazole rings is 1. The van der Waals surface area contributed by atoms with Crippen LogP contribution >= 0.6 is 11.3 Å². The summed E-state index contributed by atoms with van der Waals surface area (Å²) in [6.07, 6.45) is 3.28. The number of aromatic carboxylic acids is 1. The molecule has 8 nitrogen and oxygen atoms in total. The van der Waals surface area contributed by atoms with Gasteiger partial charge in [-0.15, -0.1) is 11.3 Å². The maximum Gasteiger partial charge on any atom is 0.355 e. The molecule has 0 saturated heterocycles. The van der Waals surface area contributed by atoms with Crippen LogP contribution in [0.5, 0.6) is 0 Å². The summed E-state index contributed by atoms with van der Waals surface area (Å²) in [5.41, 5.74) is 6.25. The van der Waals surface area contributed by atoms with Gasteiger partial charge in [-0.2, -0.15) is 5.10 Å². The van der Waals surface area contributed by atoms with Crippen molar-refractivity contribution in [3.63, 3.8) is 0 Å². The number of nitrogens with two attached hydrogens (primary N) is 1.